The third-order valence-electron chi connectivity index (χ3n) is 2.11. The third kappa shape index (κ3) is 4.76. The summed E-state index contributed by atoms with van der Waals surface area (Å²) in [4.78, 5) is 8.87. The van der Waals surface area contributed by atoms with Crippen LogP contribution in [0.15, 0.2) is 4.47 Å². The molecule has 0 aromatic carbocycles. The molecule has 0 unspecified atom stereocenters. The molecular formula is C12H18BrClN2S. The van der Waals surface area contributed by atoms with Gasteiger partial charge in [-0.3, -0.25) is 0 Å². The molecule has 0 saturated heterocycles. The summed E-state index contributed by atoms with van der Waals surface area (Å²) in [7, 11) is 0. The Balaban J connectivity index is 2.80. The maximum Gasteiger partial charge on any atom is 0.147 e. The van der Waals surface area contributed by atoms with Crippen molar-refractivity contribution in [3.63, 3.8) is 0 Å². The lowest BCUT2D eigenvalue weighted by atomic mass is 10.1. The lowest BCUT2D eigenvalue weighted by molar-refractivity contribution is 0.749. The van der Waals surface area contributed by atoms with Crippen LogP contribution in [0.25, 0.3) is 0 Å². The monoisotopic (exact) mass is 336 g/mol. The molecule has 0 bridgehead atoms. The summed E-state index contributed by atoms with van der Waals surface area (Å²) in [5, 5.41) is 0.517. The van der Waals surface area contributed by atoms with Crippen molar-refractivity contribution in [2.24, 2.45) is 5.92 Å². The Kier molecular flexibility index (Phi) is 6.24. The Labute approximate surface area is 121 Å². The van der Waals surface area contributed by atoms with Gasteiger partial charge in [-0.15, -0.1) is 0 Å². The van der Waals surface area contributed by atoms with Gasteiger partial charge in [0.25, 0.3) is 0 Å². The van der Waals surface area contributed by atoms with E-state index in [0.717, 1.165) is 27.5 Å². The van der Waals surface area contributed by atoms with Gasteiger partial charge in [-0.05, 0) is 33.5 Å². The van der Waals surface area contributed by atoms with Crippen molar-refractivity contribution in [2.75, 3.05) is 5.75 Å². The number of rotatable bonds is 5. The highest BCUT2D eigenvalue weighted by Crippen LogP contribution is 2.29. The van der Waals surface area contributed by atoms with E-state index in [9.17, 15) is 0 Å². The Morgan fingerprint density at radius 3 is 2.41 bits per heavy atom. The normalized spacial score (nSPS) is 11.5. The van der Waals surface area contributed by atoms with Crippen LogP contribution < -0.4 is 0 Å². The van der Waals surface area contributed by atoms with Gasteiger partial charge in [-0.25, -0.2) is 9.97 Å². The van der Waals surface area contributed by atoms with Crippen molar-refractivity contribution in [1.29, 1.82) is 0 Å². The molecule has 0 radical (unpaired) electrons. The van der Waals surface area contributed by atoms with E-state index in [0.29, 0.717) is 17.0 Å². The Hall–Kier alpha value is 0.200. The smallest absolute Gasteiger partial charge is 0.147 e. The molecule has 5 heteroatoms. The summed E-state index contributed by atoms with van der Waals surface area (Å²) in [6, 6.07) is 0. The van der Waals surface area contributed by atoms with Gasteiger partial charge in [0, 0.05) is 0 Å². The van der Waals surface area contributed by atoms with E-state index in [1.165, 1.54) is 0 Å². The molecule has 1 aromatic heterocycles. The maximum absolute atomic E-state index is 6.10. The minimum absolute atomic E-state index is 0.346. The third-order valence-corrected chi connectivity index (χ3v) is 4.76. The molecule has 0 fully saturated rings. The van der Waals surface area contributed by atoms with Crippen LogP contribution in [0, 0.1) is 5.92 Å². The first-order valence-electron chi connectivity index (χ1n) is 5.71. The lowest BCUT2D eigenvalue weighted by Crippen LogP contribution is -2.03. The molecule has 1 aromatic rings. The number of aromatic nitrogens is 2. The number of hydrogen-bond acceptors (Lipinski definition) is 3. The summed E-state index contributed by atoms with van der Waals surface area (Å²) in [6.45, 7) is 8.63. The first kappa shape index (κ1) is 15.3. The predicted molar refractivity (Wildman–Crippen MR) is 79.8 cm³/mol. The van der Waals surface area contributed by atoms with E-state index in [-0.39, 0.29) is 0 Å². The minimum atomic E-state index is 0.346. The van der Waals surface area contributed by atoms with Gasteiger partial charge in [0.2, 0.25) is 0 Å². The first-order chi connectivity index (χ1) is 7.91. The Morgan fingerprint density at radius 2 is 1.88 bits per heavy atom. The van der Waals surface area contributed by atoms with Crippen molar-refractivity contribution >= 4 is 39.3 Å². The number of halogens is 2. The van der Waals surface area contributed by atoms with Crippen LogP contribution in [-0.2, 0) is 5.75 Å². The van der Waals surface area contributed by atoms with Gasteiger partial charge in [0.15, 0.2) is 0 Å². The highest BCUT2D eigenvalue weighted by atomic mass is 79.9. The highest BCUT2D eigenvalue weighted by Gasteiger charge is 2.13. The molecule has 96 valence electrons. The standard InChI is InChI=1S/C12H18BrClN2S/c1-7(2)5-17-6-9-15-11(8(3)4)10(13)12(14)16-9/h7-8H,5-6H2,1-4H3. The second-order valence-corrected chi connectivity index (χ2v) is 6.87. The van der Waals surface area contributed by atoms with E-state index < -0.39 is 0 Å². The van der Waals surface area contributed by atoms with Crippen LogP contribution in [0.3, 0.4) is 0 Å². The second kappa shape index (κ2) is 6.95. The average molecular weight is 338 g/mol. The molecule has 1 heterocycles. The van der Waals surface area contributed by atoms with Crippen LogP contribution in [0.4, 0.5) is 0 Å². The molecule has 2 nitrogen and oxygen atoms in total. The van der Waals surface area contributed by atoms with Gasteiger partial charge in [0.1, 0.15) is 11.0 Å². The number of nitrogens with zero attached hydrogens (tertiary/aromatic N) is 2. The van der Waals surface area contributed by atoms with Gasteiger partial charge < -0.3 is 0 Å². The molecule has 0 atom stereocenters. The molecule has 1 rings (SSSR count). The summed E-state index contributed by atoms with van der Waals surface area (Å²) in [5.41, 5.74) is 0.991. The topological polar surface area (TPSA) is 25.8 Å². The zero-order valence-electron chi connectivity index (χ0n) is 10.6. The molecule has 0 N–H and O–H groups in total. The van der Waals surface area contributed by atoms with E-state index in [2.05, 4.69) is 53.6 Å². The fraction of sp³-hybridized carbons (Fsp3) is 0.667. The largest absolute Gasteiger partial charge is 0.235 e. The highest BCUT2D eigenvalue weighted by molar-refractivity contribution is 9.10. The van der Waals surface area contributed by atoms with Crippen molar-refractivity contribution in [1.82, 2.24) is 9.97 Å². The average Bonchev–Trinajstić information content (AvgIpc) is 2.22. The molecule has 0 spiro atoms. The van der Waals surface area contributed by atoms with Gasteiger partial charge in [0.05, 0.1) is 15.9 Å². The summed E-state index contributed by atoms with van der Waals surface area (Å²) in [6.07, 6.45) is 0. The quantitative estimate of drug-likeness (QED) is 0.714. The SMILES string of the molecule is CC(C)CSCc1nc(Cl)c(Br)c(C(C)C)n1. The van der Waals surface area contributed by atoms with Crippen molar-refractivity contribution in [3.8, 4) is 0 Å². The Bertz CT molecular complexity index is 383. The molecule has 0 aliphatic carbocycles. The predicted octanol–water partition coefficient (Wildman–Crippen LogP) is 4.91. The fourth-order valence-corrected chi connectivity index (χ4v) is 3.04. The molecular weight excluding hydrogens is 320 g/mol. The Morgan fingerprint density at radius 1 is 1.24 bits per heavy atom. The van der Waals surface area contributed by atoms with E-state index >= 15 is 0 Å². The number of hydrogen-bond donors (Lipinski definition) is 0. The zero-order valence-corrected chi connectivity index (χ0v) is 13.8. The maximum atomic E-state index is 6.10. The van der Waals surface area contributed by atoms with Crippen molar-refractivity contribution in [3.05, 3.63) is 21.1 Å². The van der Waals surface area contributed by atoms with E-state index in [1.807, 2.05) is 11.8 Å². The molecule has 0 aliphatic rings. The molecule has 17 heavy (non-hydrogen) atoms. The zero-order chi connectivity index (χ0) is 13.0. The van der Waals surface area contributed by atoms with Crippen LogP contribution in [0.1, 0.15) is 45.1 Å². The van der Waals surface area contributed by atoms with Crippen LogP contribution in [0.2, 0.25) is 5.15 Å². The molecule has 0 saturated carbocycles. The summed E-state index contributed by atoms with van der Waals surface area (Å²) < 4.78 is 0.826. The van der Waals surface area contributed by atoms with E-state index in [4.69, 9.17) is 11.6 Å². The first-order valence-corrected chi connectivity index (χ1v) is 8.04. The van der Waals surface area contributed by atoms with Crippen LogP contribution in [-0.4, -0.2) is 15.7 Å². The second-order valence-electron chi connectivity index (χ2n) is 4.69. The van der Waals surface area contributed by atoms with E-state index in [1.54, 1.807) is 0 Å². The van der Waals surface area contributed by atoms with Gasteiger partial charge in [-0.2, -0.15) is 11.8 Å². The molecule has 0 amide bonds. The van der Waals surface area contributed by atoms with Crippen LogP contribution >= 0.6 is 39.3 Å². The van der Waals surface area contributed by atoms with Crippen molar-refractivity contribution < 1.29 is 0 Å². The molecule has 0 aliphatic heterocycles. The fourth-order valence-electron chi connectivity index (χ4n) is 1.31. The van der Waals surface area contributed by atoms with Crippen molar-refractivity contribution in [2.45, 2.75) is 39.4 Å². The van der Waals surface area contributed by atoms with Crippen LogP contribution in [0.5, 0.6) is 0 Å². The van der Waals surface area contributed by atoms with Gasteiger partial charge >= 0.3 is 0 Å². The van der Waals surface area contributed by atoms with Gasteiger partial charge in [-0.1, -0.05) is 39.3 Å². The minimum Gasteiger partial charge on any atom is -0.235 e. The summed E-state index contributed by atoms with van der Waals surface area (Å²) >= 11 is 11.4. The lowest BCUT2D eigenvalue weighted by Gasteiger charge is -2.11. The summed E-state index contributed by atoms with van der Waals surface area (Å²) in [5.74, 6) is 3.81. The number of thioether (sulfide) groups is 1.